The molecule has 1 saturated heterocycles. The number of rotatable bonds is 5. The van der Waals surface area contributed by atoms with Crippen LogP contribution >= 0.6 is 0 Å². The van der Waals surface area contributed by atoms with E-state index in [1.165, 1.54) is 4.31 Å². The summed E-state index contributed by atoms with van der Waals surface area (Å²) >= 11 is 0. The Morgan fingerprint density at radius 2 is 1.71 bits per heavy atom. The first-order valence-corrected chi connectivity index (χ1v) is 11.6. The first-order chi connectivity index (χ1) is 14.8. The highest BCUT2D eigenvalue weighted by Crippen LogP contribution is 2.22. The minimum atomic E-state index is -3.60. The Hall–Kier alpha value is -3.04. The summed E-state index contributed by atoms with van der Waals surface area (Å²) in [4.78, 5) is 14.8. The Morgan fingerprint density at radius 3 is 2.42 bits per heavy atom. The first kappa shape index (κ1) is 21.2. The minimum Gasteiger partial charge on any atom is -0.335 e. The van der Waals surface area contributed by atoms with Gasteiger partial charge in [-0.15, -0.1) is 5.10 Å². The Balaban J connectivity index is 1.41. The Kier molecular flexibility index (Phi) is 5.88. The summed E-state index contributed by atoms with van der Waals surface area (Å²) in [6, 6.07) is 15.2. The van der Waals surface area contributed by atoms with Gasteiger partial charge in [-0.05, 0) is 36.6 Å². The van der Waals surface area contributed by atoms with Crippen molar-refractivity contribution in [2.45, 2.75) is 25.3 Å². The fourth-order valence-electron chi connectivity index (χ4n) is 3.66. The molecule has 0 saturated carbocycles. The van der Waals surface area contributed by atoms with Crippen molar-refractivity contribution in [2.24, 2.45) is 0 Å². The predicted octanol–water partition coefficient (Wildman–Crippen LogP) is 2.09. The van der Waals surface area contributed by atoms with Crippen molar-refractivity contribution >= 4 is 15.9 Å². The second kappa shape index (κ2) is 8.60. The van der Waals surface area contributed by atoms with Crippen molar-refractivity contribution in [3.63, 3.8) is 0 Å². The zero-order valence-corrected chi connectivity index (χ0v) is 18.4. The van der Waals surface area contributed by atoms with E-state index in [1.54, 1.807) is 28.8 Å². The van der Waals surface area contributed by atoms with Crippen molar-refractivity contribution in [1.82, 2.24) is 24.2 Å². The van der Waals surface area contributed by atoms with Gasteiger partial charge < -0.3 is 4.90 Å². The van der Waals surface area contributed by atoms with Crippen LogP contribution in [0.25, 0.3) is 0 Å². The highest BCUT2D eigenvalue weighted by Gasteiger charge is 2.32. The molecule has 1 aliphatic heterocycles. The van der Waals surface area contributed by atoms with Gasteiger partial charge in [0.05, 0.1) is 17.6 Å². The number of sulfonamides is 1. The van der Waals surface area contributed by atoms with Gasteiger partial charge in [-0.1, -0.05) is 47.7 Å². The van der Waals surface area contributed by atoms with Crippen LogP contribution in [-0.4, -0.2) is 64.7 Å². The van der Waals surface area contributed by atoms with E-state index in [4.69, 9.17) is 0 Å². The first-order valence-electron chi connectivity index (χ1n) is 10.2. The number of amides is 1. The van der Waals surface area contributed by atoms with E-state index >= 15 is 0 Å². The average molecular weight is 440 g/mol. The Labute approximate surface area is 182 Å². The van der Waals surface area contributed by atoms with Gasteiger partial charge in [-0.25, -0.2) is 13.1 Å². The van der Waals surface area contributed by atoms with Crippen molar-refractivity contribution in [2.75, 3.05) is 26.2 Å². The molecule has 0 atom stereocenters. The lowest BCUT2D eigenvalue weighted by molar-refractivity contribution is 0.0692. The zero-order chi connectivity index (χ0) is 22.0. The van der Waals surface area contributed by atoms with Gasteiger partial charge in [0.2, 0.25) is 10.0 Å². The van der Waals surface area contributed by atoms with Crippen LogP contribution in [0.4, 0.5) is 0 Å². The largest absolute Gasteiger partial charge is 0.335 e. The molecular weight excluding hydrogens is 414 g/mol. The van der Waals surface area contributed by atoms with E-state index in [9.17, 15) is 13.2 Å². The topological polar surface area (TPSA) is 88.4 Å². The van der Waals surface area contributed by atoms with Crippen LogP contribution in [0.3, 0.4) is 0 Å². The number of aryl methyl sites for hydroxylation is 2. The normalized spacial score (nSPS) is 15.2. The molecule has 0 aliphatic carbocycles. The fourth-order valence-corrected chi connectivity index (χ4v) is 5.39. The second-order valence-electron chi connectivity index (χ2n) is 7.75. The Bertz CT molecular complexity index is 1180. The SMILES string of the molecule is Cc1ccc(C)c(S(=O)(=O)N2CCN(C(=O)c3cn(Cc4ccccc4)nn3)CC2)c1. The molecule has 0 spiro atoms. The van der Waals surface area contributed by atoms with Crippen LogP contribution in [0.1, 0.15) is 27.2 Å². The van der Waals surface area contributed by atoms with Crippen LogP contribution < -0.4 is 0 Å². The lowest BCUT2D eigenvalue weighted by Gasteiger charge is -2.33. The van der Waals surface area contributed by atoms with Gasteiger partial charge >= 0.3 is 0 Å². The molecule has 31 heavy (non-hydrogen) atoms. The molecule has 1 aromatic heterocycles. The molecule has 4 rings (SSSR count). The third kappa shape index (κ3) is 4.52. The van der Waals surface area contributed by atoms with E-state index in [0.717, 1.165) is 16.7 Å². The quantitative estimate of drug-likeness (QED) is 0.607. The van der Waals surface area contributed by atoms with Crippen LogP contribution in [0.5, 0.6) is 0 Å². The van der Waals surface area contributed by atoms with Crippen molar-refractivity contribution in [1.29, 1.82) is 0 Å². The lowest BCUT2D eigenvalue weighted by atomic mass is 10.2. The van der Waals surface area contributed by atoms with E-state index in [0.29, 0.717) is 24.5 Å². The van der Waals surface area contributed by atoms with Gasteiger partial charge in [0.25, 0.3) is 5.91 Å². The molecule has 8 nitrogen and oxygen atoms in total. The molecule has 0 radical (unpaired) electrons. The summed E-state index contributed by atoms with van der Waals surface area (Å²) < 4.78 is 29.2. The molecule has 9 heteroatoms. The van der Waals surface area contributed by atoms with Gasteiger partial charge in [0, 0.05) is 26.2 Å². The van der Waals surface area contributed by atoms with E-state index in [2.05, 4.69) is 10.3 Å². The number of benzene rings is 2. The summed E-state index contributed by atoms with van der Waals surface area (Å²) in [5.41, 5.74) is 2.95. The van der Waals surface area contributed by atoms with Crippen LogP contribution in [-0.2, 0) is 16.6 Å². The lowest BCUT2D eigenvalue weighted by Crippen LogP contribution is -2.50. The predicted molar refractivity (Wildman–Crippen MR) is 116 cm³/mol. The zero-order valence-electron chi connectivity index (χ0n) is 17.6. The molecule has 1 aliphatic rings. The van der Waals surface area contributed by atoms with Crippen molar-refractivity contribution in [3.05, 3.63) is 77.1 Å². The minimum absolute atomic E-state index is 0.233. The monoisotopic (exact) mass is 439 g/mol. The van der Waals surface area contributed by atoms with Gasteiger partial charge in [0.1, 0.15) is 0 Å². The number of hydrogen-bond acceptors (Lipinski definition) is 5. The van der Waals surface area contributed by atoms with E-state index < -0.39 is 10.0 Å². The molecule has 3 aromatic rings. The number of aromatic nitrogens is 3. The Morgan fingerprint density at radius 1 is 1.00 bits per heavy atom. The van der Waals surface area contributed by atoms with Gasteiger partial charge in [-0.2, -0.15) is 4.31 Å². The summed E-state index contributed by atoms with van der Waals surface area (Å²) in [5, 5.41) is 8.07. The number of hydrogen-bond donors (Lipinski definition) is 0. The smallest absolute Gasteiger partial charge is 0.276 e. The van der Waals surface area contributed by atoms with Crippen molar-refractivity contribution in [3.8, 4) is 0 Å². The second-order valence-corrected chi connectivity index (χ2v) is 9.66. The van der Waals surface area contributed by atoms with E-state index in [-0.39, 0.29) is 24.7 Å². The summed E-state index contributed by atoms with van der Waals surface area (Å²) in [7, 11) is -3.60. The van der Waals surface area contributed by atoms with Crippen molar-refractivity contribution < 1.29 is 13.2 Å². The molecule has 0 bridgehead atoms. The molecule has 0 unspecified atom stereocenters. The molecule has 162 valence electrons. The van der Waals surface area contributed by atoms with Crippen LogP contribution in [0.2, 0.25) is 0 Å². The maximum absolute atomic E-state index is 13.1. The van der Waals surface area contributed by atoms with Gasteiger partial charge in [0.15, 0.2) is 5.69 Å². The summed E-state index contributed by atoms with van der Waals surface area (Å²) in [5.74, 6) is -0.233. The highest BCUT2D eigenvalue weighted by atomic mass is 32.2. The molecular formula is C22H25N5O3S. The average Bonchev–Trinajstić information content (AvgIpc) is 3.24. The third-order valence-corrected chi connectivity index (χ3v) is 7.47. The summed E-state index contributed by atoms with van der Waals surface area (Å²) in [6.07, 6.45) is 1.63. The maximum atomic E-state index is 13.1. The fraction of sp³-hybridized carbons (Fsp3) is 0.318. The maximum Gasteiger partial charge on any atom is 0.276 e. The van der Waals surface area contributed by atoms with E-state index in [1.807, 2.05) is 49.4 Å². The molecule has 2 heterocycles. The standard InChI is InChI=1S/C22H25N5O3S/c1-17-8-9-18(2)21(14-17)31(29,30)27-12-10-25(11-13-27)22(28)20-16-26(24-23-20)15-19-6-4-3-5-7-19/h3-9,14,16H,10-13,15H2,1-2H3. The summed E-state index contributed by atoms with van der Waals surface area (Å²) in [6.45, 7) is 5.33. The number of nitrogens with zero attached hydrogens (tertiary/aromatic N) is 5. The van der Waals surface area contributed by atoms with Crippen LogP contribution in [0, 0.1) is 13.8 Å². The molecule has 1 fully saturated rings. The van der Waals surface area contributed by atoms with Crippen LogP contribution in [0.15, 0.2) is 59.6 Å². The molecule has 0 N–H and O–H groups in total. The van der Waals surface area contributed by atoms with Gasteiger partial charge in [-0.3, -0.25) is 4.79 Å². The molecule has 1 amide bonds. The third-order valence-electron chi connectivity index (χ3n) is 5.43. The highest BCUT2D eigenvalue weighted by molar-refractivity contribution is 7.89. The number of piperazine rings is 1. The molecule has 2 aromatic carbocycles. The number of carbonyl (C=O) groups excluding carboxylic acids is 1. The number of carbonyl (C=O) groups is 1.